The summed E-state index contributed by atoms with van der Waals surface area (Å²) in [6, 6.07) is -0.378. The van der Waals surface area contributed by atoms with E-state index in [0.29, 0.717) is 25.3 Å². The lowest BCUT2D eigenvalue weighted by molar-refractivity contribution is -0.129. The monoisotopic (exact) mass is 283 g/mol. The van der Waals surface area contributed by atoms with Crippen LogP contribution >= 0.6 is 0 Å². The molecule has 0 heterocycles. The number of rotatable bonds is 9. The zero-order valence-corrected chi connectivity index (χ0v) is 13.5. The Kier molecular flexibility index (Phi) is 7.96. The maximum atomic E-state index is 11.8. The molecule has 116 valence electrons. The fourth-order valence-electron chi connectivity index (χ4n) is 2.01. The summed E-state index contributed by atoms with van der Waals surface area (Å²) in [7, 11) is 3.55. The molecule has 0 bridgehead atoms. The normalized spacial score (nSPS) is 12.1. The average molecular weight is 283 g/mol. The van der Waals surface area contributed by atoms with E-state index in [0.717, 1.165) is 12.1 Å². The Labute approximate surface area is 122 Å². The summed E-state index contributed by atoms with van der Waals surface area (Å²) >= 11 is 0. The Hall–Kier alpha value is -1.52. The molecule has 0 aliphatic heterocycles. The standard InChI is InChI=1S/C15H29N3O2/c1-7-8-14(19)17(5)10-12(4)18(6)13(15(16)20)9-11(2)3/h11,13H,4,7-10H2,1-3,5-6H3,(H2,16,20)/t13-/m0/s1. The maximum Gasteiger partial charge on any atom is 0.240 e. The van der Waals surface area contributed by atoms with E-state index in [1.165, 1.54) is 0 Å². The van der Waals surface area contributed by atoms with Gasteiger partial charge in [-0.15, -0.1) is 0 Å². The number of likely N-dealkylation sites (N-methyl/N-ethyl adjacent to an activating group) is 2. The van der Waals surface area contributed by atoms with Gasteiger partial charge in [0.2, 0.25) is 11.8 Å². The fraction of sp³-hybridized carbons (Fsp3) is 0.733. The molecule has 0 spiro atoms. The zero-order valence-electron chi connectivity index (χ0n) is 13.5. The second-order valence-corrected chi connectivity index (χ2v) is 5.72. The van der Waals surface area contributed by atoms with E-state index in [4.69, 9.17) is 5.73 Å². The molecule has 0 aromatic carbocycles. The SMILES string of the molecule is C=C(CN(C)C(=O)CCC)N(C)[C@@H](CC(C)C)C(N)=O. The second kappa shape index (κ2) is 8.61. The van der Waals surface area contributed by atoms with E-state index in [-0.39, 0.29) is 17.9 Å². The molecule has 0 aliphatic carbocycles. The van der Waals surface area contributed by atoms with Crippen LogP contribution in [0.5, 0.6) is 0 Å². The van der Waals surface area contributed by atoms with Crippen molar-refractivity contribution in [1.29, 1.82) is 0 Å². The first kappa shape index (κ1) is 18.5. The number of nitrogens with two attached hydrogens (primary N) is 1. The molecule has 0 aliphatic rings. The van der Waals surface area contributed by atoms with Gasteiger partial charge in [-0.3, -0.25) is 9.59 Å². The molecule has 0 radical (unpaired) electrons. The Morgan fingerprint density at radius 3 is 2.20 bits per heavy atom. The van der Waals surface area contributed by atoms with Crippen molar-refractivity contribution >= 4 is 11.8 Å². The first-order chi connectivity index (χ1) is 9.20. The lowest BCUT2D eigenvalue weighted by Crippen LogP contribution is -2.45. The van der Waals surface area contributed by atoms with Crippen LogP contribution in [0.3, 0.4) is 0 Å². The molecule has 0 rings (SSSR count). The molecule has 0 aromatic rings. The smallest absolute Gasteiger partial charge is 0.240 e. The molecular formula is C15H29N3O2. The minimum atomic E-state index is -0.378. The van der Waals surface area contributed by atoms with Crippen molar-refractivity contribution in [3.05, 3.63) is 12.3 Å². The van der Waals surface area contributed by atoms with Crippen molar-refractivity contribution in [1.82, 2.24) is 9.80 Å². The highest BCUT2D eigenvalue weighted by Gasteiger charge is 2.23. The summed E-state index contributed by atoms with van der Waals surface area (Å²) in [6.45, 7) is 10.4. The largest absolute Gasteiger partial charge is 0.368 e. The van der Waals surface area contributed by atoms with Crippen LogP contribution in [0, 0.1) is 5.92 Å². The van der Waals surface area contributed by atoms with Gasteiger partial charge in [0.15, 0.2) is 0 Å². The van der Waals surface area contributed by atoms with Gasteiger partial charge in [0, 0.05) is 26.2 Å². The van der Waals surface area contributed by atoms with Crippen molar-refractivity contribution in [2.75, 3.05) is 20.6 Å². The topological polar surface area (TPSA) is 66.6 Å². The molecule has 0 saturated heterocycles. The van der Waals surface area contributed by atoms with Crippen LogP contribution in [0.1, 0.15) is 40.0 Å². The van der Waals surface area contributed by atoms with Crippen molar-refractivity contribution in [2.24, 2.45) is 11.7 Å². The Bertz CT molecular complexity index is 353. The third-order valence-corrected chi connectivity index (χ3v) is 3.30. The van der Waals surface area contributed by atoms with E-state index < -0.39 is 0 Å². The van der Waals surface area contributed by atoms with Crippen molar-refractivity contribution < 1.29 is 9.59 Å². The van der Waals surface area contributed by atoms with Crippen LogP contribution < -0.4 is 5.73 Å². The number of nitrogens with zero attached hydrogens (tertiary/aromatic N) is 2. The number of primary amides is 1. The Morgan fingerprint density at radius 2 is 1.80 bits per heavy atom. The van der Waals surface area contributed by atoms with Crippen LogP contribution in [0.25, 0.3) is 0 Å². The summed E-state index contributed by atoms with van der Waals surface area (Å²) < 4.78 is 0. The molecule has 5 heteroatoms. The number of amides is 2. The third kappa shape index (κ3) is 6.08. The Morgan fingerprint density at radius 1 is 1.25 bits per heavy atom. The highest BCUT2D eigenvalue weighted by atomic mass is 16.2. The molecule has 20 heavy (non-hydrogen) atoms. The summed E-state index contributed by atoms with van der Waals surface area (Å²) in [5.74, 6) is 0.0913. The number of hydrogen-bond acceptors (Lipinski definition) is 3. The maximum absolute atomic E-state index is 11.8. The Balaban J connectivity index is 4.65. The second-order valence-electron chi connectivity index (χ2n) is 5.72. The van der Waals surface area contributed by atoms with Gasteiger partial charge in [-0.25, -0.2) is 0 Å². The van der Waals surface area contributed by atoms with Gasteiger partial charge >= 0.3 is 0 Å². The van der Waals surface area contributed by atoms with Gasteiger partial charge in [0.05, 0.1) is 6.54 Å². The molecule has 0 fully saturated rings. The van der Waals surface area contributed by atoms with E-state index in [1.807, 2.05) is 20.8 Å². The van der Waals surface area contributed by atoms with Crippen LogP contribution in [0.15, 0.2) is 12.3 Å². The minimum absolute atomic E-state index is 0.0848. The lowest BCUT2D eigenvalue weighted by Gasteiger charge is -2.32. The van der Waals surface area contributed by atoms with Crippen molar-refractivity contribution in [3.8, 4) is 0 Å². The molecule has 0 aromatic heterocycles. The predicted molar refractivity (Wildman–Crippen MR) is 81.9 cm³/mol. The third-order valence-electron chi connectivity index (χ3n) is 3.30. The van der Waals surface area contributed by atoms with Gasteiger partial charge in [0.1, 0.15) is 6.04 Å². The zero-order chi connectivity index (χ0) is 15.9. The van der Waals surface area contributed by atoms with Crippen LogP contribution in [-0.4, -0.2) is 48.3 Å². The highest BCUT2D eigenvalue weighted by Crippen LogP contribution is 2.14. The van der Waals surface area contributed by atoms with Gasteiger partial charge in [-0.1, -0.05) is 27.4 Å². The van der Waals surface area contributed by atoms with Crippen LogP contribution in [0.4, 0.5) is 0 Å². The summed E-state index contributed by atoms with van der Waals surface area (Å²) in [4.78, 5) is 26.7. The van der Waals surface area contributed by atoms with Gasteiger partial charge in [-0.2, -0.15) is 0 Å². The molecule has 5 nitrogen and oxygen atoms in total. The summed E-state index contributed by atoms with van der Waals surface area (Å²) in [6.07, 6.45) is 2.03. The molecular weight excluding hydrogens is 254 g/mol. The molecule has 1 atom stereocenters. The lowest BCUT2D eigenvalue weighted by atomic mass is 10.0. The van der Waals surface area contributed by atoms with E-state index in [9.17, 15) is 9.59 Å². The minimum Gasteiger partial charge on any atom is -0.368 e. The average Bonchev–Trinajstić information content (AvgIpc) is 2.34. The summed E-state index contributed by atoms with van der Waals surface area (Å²) in [5.41, 5.74) is 6.18. The van der Waals surface area contributed by atoms with Gasteiger partial charge in [0.25, 0.3) is 0 Å². The number of carbonyl (C=O) groups is 2. The predicted octanol–water partition coefficient (Wildman–Crippen LogP) is 1.59. The molecule has 2 N–H and O–H groups in total. The molecule has 0 unspecified atom stereocenters. The molecule has 0 saturated carbocycles. The number of hydrogen-bond donors (Lipinski definition) is 1. The van der Waals surface area contributed by atoms with Crippen molar-refractivity contribution in [2.45, 2.75) is 46.1 Å². The quantitative estimate of drug-likeness (QED) is 0.699. The fourth-order valence-corrected chi connectivity index (χ4v) is 2.01. The first-order valence-electron chi connectivity index (χ1n) is 7.14. The number of carbonyl (C=O) groups excluding carboxylic acids is 2. The van der Waals surface area contributed by atoms with E-state index in [2.05, 4.69) is 6.58 Å². The van der Waals surface area contributed by atoms with E-state index >= 15 is 0 Å². The van der Waals surface area contributed by atoms with Crippen molar-refractivity contribution in [3.63, 3.8) is 0 Å². The summed E-state index contributed by atoms with van der Waals surface area (Å²) in [5, 5.41) is 0. The van der Waals surface area contributed by atoms with Crippen LogP contribution in [0.2, 0.25) is 0 Å². The van der Waals surface area contributed by atoms with Crippen LogP contribution in [-0.2, 0) is 9.59 Å². The first-order valence-corrected chi connectivity index (χ1v) is 7.14. The van der Waals surface area contributed by atoms with E-state index in [1.54, 1.807) is 23.9 Å². The van der Waals surface area contributed by atoms with Gasteiger partial charge < -0.3 is 15.5 Å². The van der Waals surface area contributed by atoms with Gasteiger partial charge in [-0.05, 0) is 18.8 Å². The highest BCUT2D eigenvalue weighted by molar-refractivity contribution is 5.80. The molecule has 2 amide bonds.